The van der Waals surface area contributed by atoms with Gasteiger partial charge in [-0.05, 0) is 37.8 Å². The molecule has 2 rings (SSSR count). The summed E-state index contributed by atoms with van der Waals surface area (Å²) in [7, 11) is 0. The molecule has 0 unspecified atom stereocenters. The highest BCUT2D eigenvalue weighted by Gasteiger charge is 2.16. The zero-order chi connectivity index (χ0) is 9.26. The Morgan fingerprint density at radius 3 is 3.08 bits per heavy atom. The van der Waals surface area contributed by atoms with Crippen LogP contribution in [0.4, 0.5) is 0 Å². The molecule has 1 N–H and O–H groups in total. The fourth-order valence-electron chi connectivity index (χ4n) is 1.71. The van der Waals surface area contributed by atoms with E-state index in [1.54, 1.807) is 0 Å². The minimum atomic E-state index is 0.775. The second kappa shape index (κ2) is 3.17. The van der Waals surface area contributed by atoms with Gasteiger partial charge < -0.3 is 5.21 Å². The standard InChI is InChI=1S/C10H12N2O/c1-7-5-8-9(11-6-7)3-2-4-10(8)12-13/h5-6,13H,2-4H2,1H3. The Kier molecular flexibility index (Phi) is 2.00. The van der Waals surface area contributed by atoms with E-state index in [2.05, 4.69) is 10.1 Å². The molecule has 1 aliphatic carbocycles. The molecule has 0 amide bonds. The van der Waals surface area contributed by atoms with Crippen LogP contribution in [0.3, 0.4) is 0 Å². The van der Waals surface area contributed by atoms with E-state index in [1.165, 1.54) is 0 Å². The molecule has 0 saturated heterocycles. The normalized spacial score (nSPS) is 18.7. The van der Waals surface area contributed by atoms with Crippen LogP contribution in [0.2, 0.25) is 0 Å². The Balaban J connectivity index is 2.54. The Labute approximate surface area is 77.1 Å². The number of fused-ring (bicyclic) bond motifs is 1. The molecule has 1 aliphatic rings. The average Bonchev–Trinajstić information content (AvgIpc) is 2.17. The van der Waals surface area contributed by atoms with Crippen molar-refractivity contribution in [1.29, 1.82) is 0 Å². The van der Waals surface area contributed by atoms with Crippen molar-refractivity contribution in [3.05, 3.63) is 29.1 Å². The van der Waals surface area contributed by atoms with Gasteiger partial charge in [0.1, 0.15) is 0 Å². The molecule has 1 aromatic rings. The van der Waals surface area contributed by atoms with E-state index in [1.807, 2.05) is 19.2 Å². The molecule has 3 nitrogen and oxygen atoms in total. The molecule has 68 valence electrons. The molecule has 0 atom stereocenters. The van der Waals surface area contributed by atoms with Crippen molar-refractivity contribution >= 4 is 5.71 Å². The SMILES string of the molecule is Cc1cnc2c(c1)C(=NO)CCC2. The third-order valence-corrected chi connectivity index (χ3v) is 2.37. The van der Waals surface area contributed by atoms with Crippen molar-refractivity contribution in [2.45, 2.75) is 26.2 Å². The van der Waals surface area contributed by atoms with E-state index in [0.717, 1.165) is 41.8 Å². The van der Waals surface area contributed by atoms with Crippen LogP contribution in [0.25, 0.3) is 0 Å². The lowest BCUT2D eigenvalue weighted by Crippen LogP contribution is -2.13. The van der Waals surface area contributed by atoms with Crippen LogP contribution in [0.1, 0.15) is 29.7 Å². The van der Waals surface area contributed by atoms with Crippen LogP contribution in [0.15, 0.2) is 17.4 Å². The van der Waals surface area contributed by atoms with Crippen molar-refractivity contribution in [2.24, 2.45) is 5.16 Å². The summed E-state index contributed by atoms with van der Waals surface area (Å²) in [6.07, 6.45) is 4.74. The van der Waals surface area contributed by atoms with Crippen LogP contribution < -0.4 is 0 Å². The highest BCUT2D eigenvalue weighted by atomic mass is 16.4. The minimum Gasteiger partial charge on any atom is -0.411 e. The van der Waals surface area contributed by atoms with Crippen LogP contribution in [-0.4, -0.2) is 15.9 Å². The fraction of sp³-hybridized carbons (Fsp3) is 0.400. The lowest BCUT2D eigenvalue weighted by molar-refractivity contribution is 0.317. The van der Waals surface area contributed by atoms with Gasteiger partial charge in [0, 0.05) is 17.5 Å². The van der Waals surface area contributed by atoms with Gasteiger partial charge in [-0.3, -0.25) is 4.98 Å². The van der Waals surface area contributed by atoms with Crippen molar-refractivity contribution in [3.63, 3.8) is 0 Å². The molecule has 0 aromatic carbocycles. The number of hydrogen-bond acceptors (Lipinski definition) is 3. The number of aryl methyl sites for hydroxylation is 2. The number of rotatable bonds is 0. The van der Waals surface area contributed by atoms with E-state index >= 15 is 0 Å². The summed E-state index contributed by atoms with van der Waals surface area (Å²) in [4.78, 5) is 4.33. The molecule has 0 aliphatic heterocycles. The summed E-state index contributed by atoms with van der Waals surface area (Å²) in [5, 5.41) is 12.1. The van der Waals surface area contributed by atoms with Crippen molar-refractivity contribution < 1.29 is 5.21 Å². The first-order valence-electron chi connectivity index (χ1n) is 4.48. The molecule has 13 heavy (non-hydrogen) atoms. The summed E-state index contributed by atoms with van der Waals surface area (Å²) in [6, 6.07) is 2.04. The Morgan fingerprint density at radius 1 is 1.46 bits per heavy atom. The van der Waals surface area contributed by atoms with E-state index in [-0.39, 0.29) is 0 Å². The predicted molar refractivity (Wildman–Crippen MR) is 50.2 cm³/mol. The van der Waals surface area contributed by atoms with E-state index in [9.17, 15) is 0 Å². The zero-order valence-corrected chi connectivity index (χ0v) is 7.62. The van der Waals surface area contributed by atoms with Gasteiger partial charge in [-0.25, -0.2) is 0 Å². The second-order valence-corrected chi connectivity index (χ2v) is 3.41. The molecule has 1 aromatic heterocycles. The summed E-state index contributed by atoms with van der Waals surface area (Å²) in [6.45, 7) is 2.00. The Hall–Kier alpha value is -1.38. The van der Waals surface area contributed by atoms with Crippen molar-refractivity contribution in [2.75, 3.05) is 0 Å². The minimum absolute atomic E-state index is 0.775. The maximum Gasteiger partial charge on any atom is 0.0886 e. The summed E-state index contributed by atoms with van der Waals surface area (Å²) in [5.41, 5.74) is 3.97. The van der Waals surface area contributed by atoms with Gasteiger partial charge in [0.2, 0.25) is 0 Å². The van der Waals surface area contributed by atoms with Gasteiger partial charge in [-0.2, -0.15) is 0 Å². The van der Waals surface area contributed by atoms with E-state index in [4.69, 9.17) is 5.21 Å². The maximum absolute atomic E-state index is 8.79. The molecule has 0 fully saturated rings. The highest BCUT2D eigenvalue weighted by Crippen LogP contribution is 2.20. The second-order valence-electron chi connectivity index (χ2n) is 3.41. The third-order valence-electron chi connectivity index (χ3n) is 2.37. The highest BCUT2D eigenvalue weighted by molar-refractivity contribution is 6.02. The van der Waals surface area contributed by atoms with Gasteiger partial charge in [0.05, 0.1) is 5.71 Å². The lowest BCUT2D eigenvalue weighted by Gasteiger charge is -2.15. The van der Waals surface area contributed by atoms with Crippen LogP contribution in [0.5, 0.6) is 0 Å². The first-order valence-corrected chi connectivity index (χ1v) is 4.48. The van der Waals surface area contributed by atoms with Crippen LogP contribution >= 0.6 is 0 Å². The maximum atomic E-state index is 8.79. The first kappa shape index (κ1) is 8.23. The summed E-state index contributed by atoms with van der Waals surface area (Å²) in [5.74, 6) is 0. The number of nitrogens with zero attached hydrogens (tertiary/aromatic N) is 2. The van der Waals surface area contributed by atoms with E-state index in [0.29, 0.717) is 0 Å². The summed E-state index contributed by atoms with van der Waals surface area (Å²) >= 11 is 0. The number of aromatic nitrogens is 1. The third kappa shape index (κ3) is 1.41. The topological polar surface area (TPSA) is 45.5 Å². The Bertz CT molecular complexity index is 358. The molecule has 1 heterocycles. The Morgan fingerprint density at radius 2 is 2.31 bits per heavy atom. The smallest absolute Gasteiger partial charge is 0.0886 e. The largest absolute Gasteiger partial charge is 0.411 e. The summed E-state index contributed by atoms with van der Waals surface area (Å²) < 4.78 is 0. The zero-order valence-electron chi connectivity index (χ0n) is 7.62. The fourth-order valence-corrected chi connectivity index (χ4v) is 1.71. The van der Waals surface area contributed by atoms with Crippen LogP contribution in [0, 0.1) is 6.92 Å². The van der Waals surface area contributed by atoms with Gasteiger partial charge in [0.15, 0.2) is 0 Å². The molecule has 0 bridgehead atoms. The first-order chi connectivity index (χ1) is 6.31. The molecular formula is C10H12N2O. The number of hydrogen-bond donors (Lipinski definition) is 1. The monoisotopic (exact) mass is 176 g/mol. The van der Waals surface area contributed by atoms with Gasteiger partial charge in [-0.1, -0.05) is 5.16 Å². The lowest BCUT2D eigenvalue weighted by atomic mass is 9.93. The van der Waals surface area contributed by atoms with E-state index < -0.39 is 0 Å². The molecule has 0 radical (unpaired) electrons. The van der Waals surface area contributed by atoms with Gasteiger partial charge in [-0.15, -0.1) is 0 Å². The van der Waals surface area contributed by atoms with Crippen molar-refractivity contribution in [1.82, 2.24) is 4.98 Å². The molecule has 0 spiro atoms. The quantitative estimate of drug-likeness (QED) is 0.484. The van der Waals surface area contributed by atoms with Gasteiger partial charge >= 0.3 is 0 Å². The predicted octanol–water partition coefficient (Wildman–Crippen LogP) is 1.90. The van der Waals surface area contributed by atoms with Crippen LogP contribution in [-0.2, 0) is 6.42 Å². The molecular weight excluding hydrogens is 164 g/mol. The molecule has 3 heteroatoms. The van der Waals surface area contributed by atoms with Gasteiger partial charge in [0.25, 0.3) is 0 Å². The number of pyridine rings is 1. The van der Waals surface area contributed by atoms with Crippen molar-refractivity contribution in [3.8, 4) is 0 Å². The molecule has 0 saturated carbocycles. The average molecular weight is 176 g/mol. The number of oxime groups is 1.